The van der Waals surface area contributed by atoms with Crippen LogP contribution < -0.4 is 15.1 Å². The third-order valence-electron chi connectivity index (χ3n) is 3.36. The highest BCUT2D eigenvalue weighted by atomic mass is 19.1. The number of halogens is 1. The summed E-state index contributed by atoms with van der Waals surface area (Å²) in [7, 11) is 0. The lowest BCUT2D eigenvalue weighted by atomic mass is 10.1. The van der Waals surface area contributed by atoms with Crippen molar-refractivity contribution in [1.82, 2.24) is 5.43 Å². The van der Waals surface area contributed by atoms with Crippen molar-refractivity contribution in [3.63, 3.8) is 0 Å². The molecule has 1 aromatic carbocycles. The predicted octanol–water partition coefficient (Wildman–Crippen LogP) is 1.23. The van der Waals surface area contributed by atoms with Gasteiger partial charge in [-0.1, -0.05) is 6.07 Å². The molecule has 1 unspecified atom stereocenters. The Bertz CT molecular complexity index is 559. The van der Waals surface area contributed by atoms with Gasteiger partial charge < -0.3 is 9.64 Å². The predicted molar refractivity (Wildman–Crippen MR) is 69.1 cm³/mol. The van der Waals surface area contributed by atoms with Gasteiger partial charge in [0, 0.05) is 6.42 Å². The molecule has 0 aliphatic carbocycles. The maximum atomic E-state index is 12.4. The van der Waals surface area contributed by atoms with Gasteiger partial charge in [0.05, 0.1) is 12.4 Å². The molecule has 0 saturated carbocycles. The van der Waals surface area contributed by atoms with Crippen molar-refractivity contribution in [2.75, 3.05) is 18.2 Å². The summed E-state index contributed by atoms with van der Waals surface area (Å²) in [6.45, 7) is 1.72. The molecule has 0 aromatic heterocycles. The number of hydrogen-bond acceptors (Lipinski definition) is 4. The molecule has 1 atom stereocenters. The number of hydrazone groups is 1. The molecular weight excluding hydrogens is 249 g/mol. The largest absolute Gasteiger partial charge is 0.483 e. The van der Waals surface area contributed by atoms with E-state index in [2.05, 4.69) is 10.5 Å². The van der Waals surface area contributed by atoms with Crippen molar-refractivity contribution >= 4 is 17.4 Å². The number of nitrogens with zero attached hydrogens (tertiary/aromatic N) is 2. The molecule has 2 heterocycles. The number of amidine groups is 1. The zero-order valence-electron chi connectivity index (χ0n) is 10.5. The fourth-order valence-corrected chi connectivity index (χ4v) is 2.34. The first kappa shape index (κ1) is 12.0. The lowest BCUT2D eigenvalue weighted by Crippen LogP contribution is -2.55. The van der Waals surface area contributed by atoms with E-state index in [4.69, 9.17) is 4.74 Å². The molecule has 1 aromatic rings. The fraction of sp³-hybridized carbons (Fsp3) is 0.385. The molecule has 5 nitrogen and oxygen atoms in total. The molecule has 100 valence electrons. The normalized spacial score (nSPS) is 20.9. The van der Waals surface area contributed by atoms with E-state index in [1.54, 1.807) is 0 Å². The quantitative estimate of drug-likeness (QED) is 0.873. The Morgan fingerprint density at radius 3 is 3.21 bits per heavy atom. The Labute approximate surface area is 110 Å². The lowest BCUT2D eigenvalue weighted by molar-refractivity contribution is -0.122. The number of anilines is 1. The van der Waals surface area contributed by atoms with Gasteiger partial charge >= 0.3 is 0 Å². The molecular formula is C13H14FN3O2. The number of aryl methyl sites for hydroxylation is 1. The van der Waals surface area contributed by atoms with Crippen LogP contribution in [-0.4, -0.2) is 31.1 Å². The minimum absolute atomic E-state index is 0.149. The summed E-state index contributed by atoms with van der Waals surface area (Å²) in [6, 6.07) is 5.20. The summed E-state index contributed by atoms with van der Waals surface area (Å²) in [5.74, 6) is 1.20. The Morgan fingerprint density at radius 1 is 1.58 bits per heavy atom. The Balaban J connectivity index is 2.01. The third-order valence-corrected chi connectivity index (χ3v) is 3.36. The highest BCUT2D eigenvalue weighted by Crippen LogP contribution is 2.35. The Kier molecular flexibility index (Phi) is 2.85. The standard InChI is InChI=1S/C13H14FN3O2/c1-8-13(18)16-15-12-7-19-11-6-9(4-5-14)2-3-10(11)17(8)12/h2-3,6,8H,4-5,7H2,1H3,(H,16,18). The average Bonchev–Trinajstić information content (AvgIpc) is 2.42. The van der Waals surface area contributed by atoms with Gasteiger partial charge in [-0.15, -0.1) is 0 Å². The van der Waals surface area contributed by atoms with Gasteiger partial charge in [-0.2, -0.15) is 5.10 Å². The molecule has 1 amide bonds. The Hall–Kier alpha value is -2.11. The molecule has 0 fully saturated rings. The number of carbonyl (C=O) groups excluding carboxylic acids is 1. The van der Waals surface area contributed by atoms with Crippen molar-refractivity contribution in [3.8, 4) is 5.75 Å². The number of ether oxygens (including phenoxy) is 1. The van der Waals surface area contributed by atoms with Gasteiger partial charge in [-0.25, -0.2) is 5.43 Å². The summed E-state index contributed by atoms with van der Waals surface area (Å²) in [4.78, 5) is 13.5. The molecule has 19 heavy (non-hydrogen) atoms. The number of benzene rings is 1. The second-order valence-electron chi connectivity index (χ2n) is 4.58. The zero-order valence-corrected chi connectivity index (χ0v) is 10.5. The number of fused-ring (bicyclic) bond motifs is 3. The van der Waals surface area contributed by atoms with E-state index in [0.29, 0.717) is 24.6 Å². The number of rotatable bonds is 2. The van der Waals surface area contributed by atoms with Crippen LogP contribution in [0.15, 0.2) is 23.3 Å². The van der Waals surface area contributed by atoms with Crippen LogP contribution in [0.1, 0.15) is 12.5 Å². The molecule has 0 spiro atoms. The van der Waals surface area contributed by atoms with Gasteiger partial charge in [0.15, 0.2) is 5.84 Å². The molecule has 6 heteroatoms. The van der Waals surface area contributed by atoms with Gasteiger partial charge in [-0.05, 0) is 24.6 Å². The van der Waals surface area contributed by atoms with Crippen LogP contribution in [0.4, 0.5) is 10.1 Å². The zero-order chi connectivity index (χ0) is 13.4. The maximum Gasteiger partial charge on any atom is 0.262 e. The van der Waals surface area contributed by atoms with Crippen LogP contribution in [0.3, 0.4) is 0 Å². The summed E-state index contributed by atoms with van der Waals surface area (Å²) in [5.41, 5.74) is 4.16. The number of alkyl halides is 1. The van der Waals surface area contributed by atoms with Crippen LogP contribution in [0.25, 0.3) is 0 Å². The highest BCUT2D eigenvalue weighted by molar-refractivity contribution is 6.09. The van der Waals surface area contributed by atoms with Crippen LogP contribution >= 0.6 is 0 Å². The van der Waals surface area contributed by atoms with Crippen molar-refractivity contribution < 1.29 is 13.9 Å². The van der Waals surface area contributed by atoms with Gasteiger partial charge in [0.2, 0.25) is 0 Å². The summed E-state index contributed by atoms with van der Waals surface area (Å²) >= 11 is 0. The topological polar surface area (TPSA) is 53.9 Å². The van der Waals surface area contributed by atoms with Crippen LogP contribution in [0.5, 0.6) is 5.75 Å². The van der Waals surface area contributed by atoms with Crippen molar-refractivity contribution in [2.45, 2.75) is 19.4 Å². The minimum Gasteiger partial charge on any atom is -0.483 e. The summed E-state index contributed by atoms with van der Waals surface area (Å²) in [5, 5.41) is 4.00. The second kappa shape index (κ2) is 4.53. The van der Waals surface area contributed by atoms with E-state index < -0.39 is 6.67 Å². The van der Waals surface area contributed by atoms with E-state index in [-0.39, 0.29) is 11.9 Å². The van der Waals surface area contributed by atoms with Crippen molar-refractivity contribution in [3.05, 3.63) is 23.8 Å². The highest BCUT2D eigenvalue weighted by Gasteiger charge is 2.34. The molecule has 0 radical (unpaired) electrons. The van der Waals surface area contributed by atoms with Gasteiger partial charge in [-0.3, -0.25) is 9.18 Å². The average molecular weight is 263 g/mol. The fourth-order valence-electron chi connectivity index (χ4n) is 2.34. The van der Waals surface area contributed by atoms with Crippen LogP contribution in [0, 0.1) is 0 Å². The first-order valence-corrected chi connectivity index (χ1v) is 6.18. The number of hydrogen-bond donors (Lipinski definition) is 1. The molecule has 3 rings (SSSR count). The summed E-state index contributed by atoms with van der Waals surface area (Å²) < 4.78 is 18.0. The van der Waals surface area contributed by atoms with Crippen molar-refractivity contribution in [1.29, 1.82) is 0 Å². The lowest BCUT2D eigenvalue weighted by Gasteiger charge is -2.38. The smallest absolute Gasteiger partial charge is 0.262 e. The van der Waals surface area contributed by atoms with E-state index in [1.807, 2.05) is 30.0 Å². The number of nitrogens with one attached hydrogen (secondary N) is 1. The van der Waals surface area contributed by atoms with E-state index >= 15 is 0 Å². The Morgan fingerprint density at radius 2 is 2.42 bits per heavy atom. The molecule has 0 saturated heterocycles. The minimum atomic E-state index is -0.395. The third kappa shape index (κ3) is 1.93. The molecule has 2 aliphatic rings. The molecule has 2 aliphatic heterocycles. The van der Waals surface area contributed by atoms with Crippen LogP contribution in [0.2, 0.25) is 0 Å². The van der Waals surface area contributed by atoms with E-state index in [1.165, 1.54) is 0 Å². The van der Waals surface area contributed by atoms with E-state index in [0.717, 1.165) is 11.3 Å². The first-order chi connectivity index (χ1) is 9.20. The summed E-state index contributed by atoms with van der Waals surface area (Å²) in [6.07, 6.45) is 0.369. The van der Waals surface area contributed by atoms with Gasteiger partial charge in [0.25, 0.3) is 5.91 Å². The second-order valence-corrected chi connectivity index (χ2v) is 4.58. The number of amides is 1. The first-order valence-electron chi connectivity index (χ1n) is 6.18. The molecule has 1 N–H and O–H groups in total. The van der Waals surface area contributed by atoms with Crippen molar-refractivity contribution in [2.24, 2.45) is 5.10 Å². The SMILES string of the molecule is CC1C(=O)NN=C2COc3cc(CCF)ccc3N21. The maximum absolute atomic E-state index is 12.4. The van der Waals surface area contributed by atoms with Gasteiger partial charge in [0.1, 0.15) is 18.4 Å². The molecule has 0 bridgehead atoms. The number of carbonyl (C=O) groups is 1. The monoisotopic (exact) mass is 263 g/mol. The van der Waals surface area contributed by atoms with Crippen LogP contribution in [-0.2, 0) is 11.2 Å². The van der Waals surface area contributed by atoms with E-state index in [9.17, 15) is 9.18 Å².